The summed E-state index contributed by atoms with van der Waals surface area (Å²) in [7, 11) is 0. The standard InChI is InChI=1S/C13H18F3NO3/c14-13(15,16)7-17(8-5-6-8)11(18)9-3-1-2-4-10(9)12(19)20/h8-10H,1-7H2,(H,19,20)/t9-,10+/m1/s1. The third kappa shape index (κ3) is 3.64. The lowest BCUT2D eigenvalue weighted by Gasteiger charge is -2.33. The van der Waals surface area contributed by atoms with Crippen LogP contribution in [0.15, 0.2) is 0 Å². The van der Waals surface area contributed by atoms with Gasteiger partial charge in [0.2, 0.25) is 5.91 Å². The molecule has 2 saturated carbocycles. The first-order valence-electron chi connectivity index (χ1n) is 6.89. The number of carboxylic acid groups (broad SMARTS) is 1. The summed E-state index contributed by atoms with van der Waals surface area (Å²) in [5.74, 6) is -3.35. The van der Waals surface area contributed by atoms with Crippen LogP contribution in [0.4, 0.5) is 13.2 Å². The van der Waals surface area contributed by atoms with Crippen molar-refractivity contribution in [2.24, 2.45) is 11.8 Å². The summed E-state index contributed by atoms with van der Waals surface area (Å²) in [6.45, 7) is -1.26. The van der Waals surface area contributed by atoms with Crippen molar-refractivity contribution >= 4 is 11.9 Å². The number of halogens is 3. The van der Waals surface area contributed by atoms with E-state index >= 15 is 0 Å². The molecule has 0 radical (unpaired) electrons. The van der Waals surface area contributed by atoms with Gasteiger partial charge in [0.1, 0.15) is 6.54 Å². The Morgan fingerprint density at radius 2 is 1.60 bits per heavy atom. The number of rotatable bonds is 4. The molecule has 0 bridgehead atoms. The van der Waals surface area contributed by atoms with E-state index in [4.69, 9.17) is 5.11 Å². The summed E-state index contributed by atoms with van der Waals surface area (Å²) < 4.78 is 37.7. The van der Waals surface area contributed by atoms with Crippen LogP contribution in [-0.4, -0.2) is 40.6 Å². The van der Waals surface area contributed by atoms with E-state index in [0.717, 1.165) is 4.90 Å². The maximum atomic E-state index is 12.6. The molecule has 2 rings (SSSR count). The van der Waals surface area contributed by atoms with Gasteiger partial charge >= 0.3 is 12.1 Å². The fraction of sp³-hybridized carbons (Fsp3) is 0.846. The first kappa shape index (κ1) is 15.1. The Morgan fingerprint density at radius 3 is 2.05 bits per heavy atom. The lowest BCUT2D eigenvalue weighted by Crippen LogP contribution is -2.47. The Morgan fingerprint density at radius 1 is 1.05 bits per heavy atom. The van der Waals surface area contributed by atoms with Crippen LogP contribution < -0.4 is 0 Å². The largest absolute Gasteiger partial charge is 0.481 e. The summed E-state index contributed by atoms with van der Waals surface area (Å²) in [5, 5.41) is 9.13. The first-order valence-corrected chi connectivity index (χ1v) is 6.89. The molecule has 0 aromatic rings. The SMILES string of the molecule is O=C(O)[C@H]1CCCC[C@H]1C(=O)N(CC(F)(F)F)C1CC1. The second-order valence-electron chi connectivity index (χ2n) is 5.65. The van der Waals surface area contributed by atoms with Gasteiger partial charge in [0, 0.05) is 6.04 Å². The molecule has 20 heavy (non-hydrogen) atoms. The zero-order chi connectivity index (χ0) is 14.9. The Hall–Kier alpha value is -1.27. The zero-order valence-corrected chi connectivity index (χ0v) is 11.0. The van der Waals surface area contributed by atoms with E-state index < -0.39 is 36.4 Å². The molecule has 114 valence electrons. The highest BCUT2D eigenvalue weighted by molar-refractivity contribution is 5.85. The monoisotopic (exact) mass is 293 g/mol. The molecule has 2 atom stereocenters. The minimum Gasteiger partial charge on any atom is -0.481 e. The predicted octanol–water partition coefficient (Wildman–Crippen LogP) is 2.43. The Labute approximate surface area is 114 Å². The molecule has 2 aliphatic rings. The summed E-state index contributed by atoms with van der Waals surface area (Å²) >= 11 is 0. The van der Waals surface area contributed by atoms with Crippen molar-refractivity contribution in [1.29, 1.82) is 0 Å². The lowest BCUT2D eigenvalue weighted by molar-refractivity contribution is -0.169. The van der Waals surface area contributed by atoms with Gasteiger partial charge in [0.25, 0.3) is 0 Å². The number of alkyl halides is 3. The molecule has 0 heterocycles. The van der Waals surface area contributed by atoms with Crippen LogP contribution in [-0.2, 0) is 9.59 Å². The van der Waals surface area contributed by atoms with Gasteiger partial charge in [-0.05, 0) is 25.7 Å². The van der Waals surface area contributed by atoms with Gasteiger partial charge in [-0.3, -0.25) is 9.59 Å². The van der Waals surface area contributed by atoms with Crippen molar-refractivity contribution in [3.05, 3.63) is 0 Å². The first-order chi connectivity index (χ1) is 9.29. The highest BCUT2D eigenvalue weighted by Gasteiger charge is 2.45. The van der Waals surface area contributed by atoms with Crippen LogP contribution in [0.5, 0.6) is 0 Å². The molecular formula is C13H18F3NO3. The summed E-state index contributed by atoms with van der Waals surface area (Å²) in [6.07, 6.45) is -1.13. The van der Waals surface area contributed by atoms with E-state index in [1.807, 2.05) is 0 Å². The van der Waals surface area contributed by atoms with Crippen LogP contribution in [0.3, 0.4) is 0 Å². The third-order valence-corrected chi connectivity index (χ3v) is 4.02. The highest BCUT2D eigenvalue weighted by atomic mass is 19.4. The van der Waals surface area contributed by atoms with E-state index in [1.54, 1.807) is 0 Å². The van der Waals surface area contributed by atoms with Gasteiger partial charge < -0.3 is 10.0 Å². The van der Waals surface area contributed by atoms with Crippen molar-refractivity contribution in [3.63, 3.8) is 0 Å². The molecule has 2 fully saturated rings. The Balaban J connectivity index is 2.11. The third-order valence-electron chi connectivity index (χ3n) is 4.02. The highest BCUT2D eigenvalue weighted by Crippen LogP contribution is 2.36. The fourth-order valence-corrected chi connectivity index (χ4v) is 2.90. The van der Waals surface area contributed by atoms with Gasteiger partial charge in [0.15, 0.2) is 0 Å². The van der Waals surface area contributed by atoms with Gasteiger partial charge in [-0.1, -0.05) is 12.8 Å². The van der Waals surface area contributed by atoms with Gasteiger partial charge in [0.05, 0.1) is 11.8 Å². The minimum absolute atomic E-state index is 0.361. The van der Waals surface area contributed by atoms with Crippen molar-refractivity contribution in [2.45, 2.75) is 50.7 Å². The van der Waals surface area contributed by atoms with Crippen molar-refractivity contribution in [1.82, 2.24) is 4.90 Å². The number of aliphatic carboxylic acids is 1. The molecule has 7 heteroatoms. The van der Waals surface area contributed by atoms with Crippen LogP contribution in [0.2, 0.25) is 0 Å². The molecule has 1 amide bonds. The van der Waals surface area contributed by atoms with Crippen LogP contribution in [0.1, 0.15) is 38.5 Å². The van der Waals surface area contributed by atoms with E-state index in [1.165, 1.54) is 0 Å². The minimum atomic E-state index is -4.44. The molecule has 0 saturated heterocycles. The van der Waals surface area contributed by atoms with Gasteiger partial charge in [-0.15, -0.1) is 0 Å². The van der Waals surface area contributed by atoms with Gasteiger partial charge in [-0.25, -0.2) is 0 Å². The maximum Gasteiger partial charge on any atom is 0.406 e. The predicted molar refractivity (Wildman–Crippen MR) is 63.9 cm³/mol. The topological polar surface area (TPSA) is 57.6 Å². The van der Waals surface area contributed by atoms with Crippen LogP contribution in [0.25, 0.3) is 0 Å². The molecule has 0 spiro atoms. The van der Waals surface area contributed by atoms with E-state index in [0.29, 0.717) is 38.5 Å². The quantitative estimate of drug-likeness (QED) is 0.866. The number of carbonyl (C=O) groups is 2. The number of amides is 1. The molecule has 0 aromatic carbocycles. The van der Waals surface area contributed by atoms with E-state index in [-0.39, 0.29) is 6.04 Å². The second-order valence-corrected chi connectivity index (χ2v) is 5.65. The molecule has 0 unspecified atom stereocenters. The smallest absolute Gasteiger partial charge is 0.406 e. The second kappa shape index (κ2) is 5.61. The molecule has 1 N–H and O–H groups in total. The average molecular weight is 293 g/mol. The Kier molecular flexibility index (Phi) is 4.25. The average Bonchev–Trinajstić information content (AvgIpc) is 3.18. The van der Waals surface area contributed by atoms with Crippen molar-refractivity contribution in [2.75, 3.05) is 6.54 Å². The molecule has 2 aliphatic carbocycles. The number of hydrogen-bond donors (Lipinski definition) is 1. The summed E-state index contributed by atoms with van der Waals surface area (Å²) in [4.78, 5) is 24.4. The zero-order valence-electron chi connectivity index (χ0n) is 11.0. The number of carboxylic acids is 1. The van der Waals surface area contributed by atoms with Crippen molar-refractivity contribution < 1.29 is 27.9 Å². The number of nitrogens with zero attached hydrogens (tertiary/aromatic N) is 1. The van der Waals surface area contributed by atoms with Crippen LogP contribution in [0, 0.1) is 11.8 Å². The summed E-state index contributed by atoms with van der Waals surface area (Å²) in [5.41, 5.74) is 0. The van der Waals surface area contributed by atoms with Crippen LogP contribution >= 0.6 is 0 Å². The fourth-order valence-electron chi connectivity index (χ4n) is 2.90. The molecule has 0 aromatic heterocycles. The molecular weight excluding hydrogens is 275 g/mol. The van der Waals surface area contributed by atoms with E-state index in [2.05, 4.69) is 0 Å². The summed E-state index contributed by atoms with van der Waals surface area (Å²) in [6, 6.07) is -0.361. The lowest BCUT2D eigenvalue weighted by atomic mass is 9.78. The van der Waals surface area contributed by atoms with E-state index in [9.17, 15) is 22.8 Å². The maximum absolute atomic E-state index is 12.6. The Bertz CT molecular complexity index is 393. The van der Waals surface area contributed by atoms with Crippen molar-refractivity contribution in [3.8, 4) is 0 Å². The molecule has 4 nitrogen and oxygen atoms in total. The van der Waals surface area contributed by atoms with Gasteiger partial charge in [-0.2, -0.15) is 13.2 Å². The number of hydrogen-bond acceptors (Lipinski definition) is 2. The molecule has 0 aliphatic heterocycles. The normalized spacial score (nSPS) is 27.1. The number of carbonyl (C=O) groups excluding carboxylic acids is 1.